The van der Waals surface area contributed by atoms with Crippen molar-refractivity contribution in [2.24, 2.45) is 7.05 Å². The molecule has 15 heavy (non-hydrogen) atoms. The van der Waals surface area contributed by atoms with Gasteiger partial charge in [0.05, 0.1) is 0 Å². The van der Waals surface area contributed by atoms with Crippen LogP contribution in [-0.4, -0.2) is 14.5 Å². The maximum Gasteiger partial charge on any atom is 0.159 e. The molecule has 0 bridgehead atoms. The molecule has 0 aliphatic carbocycles. The summed E-state index contributed by atoms with van der Waals surface area (Å²) in [6, 6.07) is 2.00. The molecule has 0 N–H and O–H groups in total. The zero-order valence-electron chi connectivity index (χ0n) is 9.37. The van der Waals surface area contributed by atoms with E-state index in [-0.39, 0.29) is 5.41 Å². The summed E-state index contributed by atoms with van der Waals surface area (Å²) in [6.07, 6.45) is 1.80. The van der Waals surface area contributed by atoms with Gasteiger partial charge in [0.25, 0.3) is 0 Å². The maximum atomic E-state index is 4.61. The monoisotopic (exact) mass is 267 g/mol. The Kier molecular flexibility index (Phi) is 2.34. The molecule has 0 radical (unpaired) electrons. The van der Waals surface area contributed by atoms with E-state index in [1.54, 1.807) is 6.20 Å². The van der Waals surface area contributed by atoms with Gasteiger partial charge in [-0.25, -0.2) is 9.97 Å². The number of imidazole rings is 1. The van der Waals surface area contributed by atoms with Crippen LogP contribution in [0.2, 0.25) is 0 Å². The van der Waals surface area contributed by atoms with Crippen molar-refractivity contribution in [3.8, 4) is 0 Å². The first kappa shape index (κ1) is 10.6. The summed E-state index contributed by atoms with van der Waals surface area (Å²) in [7, 11) is 2.01. The largest absolute Gasteiger partial charge is 0.315 e. The third-order valence-corrected chi connectivity index (χ3v) is 2.78. The SMILES string of the molecule is Cn1c(C(C)(C)C)nc2cc(Br)cnc21. The van der Waals surface area contributed by atoms with E-state index in [9.17, 15) is 0 Å². The number of fused-ring (bicyclic) bond motifs is 1. The van der Waals surface area contributed by atoms with Crippen LogP contribution in [0.1, 0.15) is 26.6 Å². The molecular formula is C11H14BrN3. The second-order valence-electron chi connectivity index (χ2n) is 4.74. The van der Waals surface area contributed by atoms with Crippen LogP contribution >= 0.6 is 15.9 Å². The average Bonchev–Trinajstić information content (AvgIpc) is 2.42. The summed E-state index contributed by atoms with van der Waals surface area (Å²) in [6.45, 7) is 6.47. The summed E-state index contributed by atoms with van der Waals surface area (Å²) < 4.78 is 3.02. The van der Waals surface area contributed by atoms with Gasteiger partial charge >= 0.3 is 0 Å². The van der Waals surface area contributed by atoms with Gasteiger partial charge in [-0.3, -0.25) is 0 Å². The van der Waals surface area contributed by atoms with Gasteiger partial charge in [0.2, 0.25) is 0 Å². The van der Waals surface area contributed by atoms with Gasteiger partial charge in [-0.1, -0.05) is 20.8 Å². The van der Waals surface area contributed by atoms with Crippen LogP contribution in [0.4, 0.5) is 0 Å². The van der Waals surface area contributed by atoms with E-state index in [4.69, 9.17) is 0 Å². The van der Waals surface area contributed by atoms with E-state index in [1.165, 1.54) is 0 Å². The molecular weight excluding hydrogens is 254 g/mol. The zero-order valence-corrected chi connectivity index (χ0v) is 11.0. The highest BCUT2D eigenvalue weighted by Gasteiger charge is 2.21. The van der Waals surface area contributed by atoms with Crippen molar-refractivity contribution < 1.29 is 0 Å². The van der Waals surface area contributed by atoms with Crippen LogP contribution < -0.4 is 0 Å². The highest BCUT2D eigenvalue weighted by atomic mass is 79.9. The normalized spacial score (nSPS) is 12.3. The summed E-state index contributed by atoms with van der Waals surface area (Å²) in [5.74, 6) is 1.06. The predicted octanol–water partition coefficient (Wildman–Crippen LogP) is 3.03. The van der Waals surface area contributed by atoms with Gasteiger partial charge in [-0.15, -0.1) is 0 Å². The van der Waals surface area contributed by atoms with Crippen molar-refractivity contribution in [1.29, 1.82) is 0 Å². The minimum atomic E-state index is 0.0436. The van der Waals surface area contributed by atoms with E-state index in [2.05, 4.69) is 51.2 Å². The topological polar surface area (TPSA) is 30.7 Å². The number of pyridine rings is 1. The molecule has 2 aromatic rings. The lowest BCUT2D eigenvalue weighted by Crippen LogP contribution is -2.17. The molecule has 2 heterocycles. The number of aromatic nitrogens is 3. The van der Waals surface area contributed by atoms with Gasteiger partial charge in [0, 0.05) is 23.1 Å². The number of rotatable bonds is 0. The average molecular weight is 268 g/mol. The number of nitrogens with zero attached hydrogens (tertiary/aromatic N) is 3. The first-order chi connectivity index (χ1) is 6.89. The Hall–Kier alpha value is -0.900. The minimum absolute atomic E-state index is 0.0436. The van der Waals surface area contributed by atoms with Crippen molar-refractivity contribution in [3.63, 3.8) is 0 Å². The molecule has 3 nitrogen and oxygen atoms in total. The Labute approximate surface area is 97.7 Å². The molecule has 0 amide bonds. The Morgan fingerprint density at radius 3 is 2.60 bits per heavy atom. The van der Waals surface area contributed by atoms with Crippen molar-refractivity contribution in [2.45, 2.75) is 26.2 Å². The van der Waals surface area contributed by atoms with E-state index in [0.29, 0.717) is 0 Å². The third-order valence-electron chi connectivity index (χ3n) is 2.35. The van der Waals surface area contributed by atoms with Crippen LogP contribution in [0.25, 0.3) is 11.2 Å². The van der Waals surface area contributed by atoms with Crippen molar-refractivity contribution in [2.75, 3.05) is 0 Å². The smallest absolute Gasteiger partial charge is 0.159 e. The molecule has 0 aliphatic heterocycles. The molecule has 0 fully saturated rings. The number of aryl methyl sites for hydroxylation is 1. The van der Waals surface area contributed by atoms with Gasteiger partial charge in [-0.2, -0.15) is 0 Å². The van der Waals surface area contributed by atoms with Crippen LogP contribution in [-0.2, 0) is 12.5 Å². The highest BCUT2D eigenvalue weighted by Crippen LogP contribution is 2.25. The fraction of sp³-hybridized carbons (Fsp3) is 0.455. The minimum Gasteiger partial charge on any atom is -0.315 e. The van der Waals surface area contributed by atoms with E-state index in [0.717, 1.165) is 21.5 Å². The molecule has 0 atom stereocenters. The molecule has 0 aliphatic rings. The molecule has 0 spiro atoms. The summed E-state index contributed by atoms with van der Waals surface area (Å²) in [5, 5.41) is 0. The lowest BCUT2D eigenvalue weighted by molar-refractivity contribution is 0.526. The van der Waals surface area contributed by atoms with Gasteiger partial charge in [0.1, 0.15) is 11.3 Å². The zero-order chi connectivity index (χ0) is 11.2. The highest BCUT2D eigenvalue weighted by molar-refractivity contribution is 9.10. The van der Waals surface area contributed by atoms with Gasteiger partial charge in [0.15, 0.2) is 5.65 Å². The standard InChI is InChI=1S/C11H14BrN3/c1-11(2,3)10-14-8-5-7(12)6-13-9(8)15(10)4/h5-6H,1-4H3. The van der Waals surface area contributed by atoms with Gasteiger partial charge in [-0.05, 0) is 22.0 Å². The lowest BCUT2D eigenvalue weighted by atomic mass is 9.96. The van der Waals surface area contributed by atoms with E-state index >= 15 is 0 Å². The lowest BCUT2D eigenvalue weighted by Gasteiger charge is -2.17. The van der Waals surface area contributed by atoms with E-state index < -0.39 is 0 Å². The molecule has 0 unspecified atom stereocenters. The Morgan fingerprint density at radius 1 is 1.33 bits per heavy atom. The summed E-state index contributed by atoms with van der Waals surface area (Å²) in [4.78, 5) is 8.98. The first-order valence-electron chi connectivity index (χ1n) is 4.88. The van der Waals surface area contributed by atoms with Gasteiger partial charge < -0.3 is 4.57 Å². The second kappa shape index (κ2) is 3.30. The fourth-order valence-corrected chi connectivity index (χ4v) is 2.04. The Balaban J connectivity index is 2.75. The summed E-state index contributed by atoms with van der Waals surface area (Å²) in [5.41, 5.74) is 1.92. The fourth-order valence-electron chi connectivity index (χ4n) is 1.72. The quantitative estimate of drug-likeness (QED) is 0.735. The molecule has 0 saturated carbocycles. The van der Waals surface area contributed by atoms with Crippen LogP contribution in [0.5, 0.6) is 0 Å². The molecule has 0 saturated heterocycles. The molecule has 2 rings (SSSR count). The van der Waals surface area contributed by atoms with Crippen molar-refractivity contribution in [1.82, 2.24) is 14.5 Å². The third kappa shape index (κ3) is 1.78. The Morgan fingerprint density at radius 2 is 2.00 bits per heavy atom. The first-order valence-corrected chi connectivity index (χ1v) is 5.67. The van der Waals surface area contributed by atoms with Crippen LogP contribution in [0.3, 0.4) is 0 Å². The molecule has 4 heteroatoms. The number of halogens is 1. The molecule has 2 aromatic heterocycles. The van der Waals surface area contributed by atoms with Crippen LogP contribution in [0, 0.1) is 0 Å². The van der Waals surface area contributed by atoms with Crippen molar-refractivity contribution >= 4 is 27.1 Å². The molecule has 80 valence electrons. The number of hydrogen-bond acceptors (Lipinski definition) is 2. The van der Waals surface area contributed by atoms with E-state index in [1.807, 2.05) is 13.1 Å². The molecule has 0 aromatic carbocycles. The summed E-state index contributed by atoms with van der Waals surface area (Å²) >= 11 is 3.40. The van der Waals surface area contributed by atoms with Crippen molar-refractivity contribution in [3.05, 3.63) is 22.6 Å². The predicted molar refractivity (Wildman–Crippen MR) is 64.9 cm³/mol. The van der Waals surface area contributed by atoms with Crippen LogP contribution in [0.15, 0.2) is 16.7 Å². The maximum absolute atomic E-state index is 4.61. The number of hydrogen-bond donors (Lipinski definition) is 0. The second-order valence-corrected chi connectivity index (χ2v) is 5.66. The Bertz CT molecular complexity index is 508.